The predicted octanol–water partition coefficient (Wildman–Crippen LogP) is 2.84. The highest BCUT2D eigenvalue weighted by atomic mass is 16.5. The molecule has 0 saturated carbocycles. The molecule has 26 heavy (non-hydrogen) atoms. The Bertz CT molecular complexity index is 810. The highest BCUT2D eigenvalue weighted by molar-refractivity contribution is 6.00. The van der Waals surface area contributed by atoms with Crippen LogP contribution in [0.15, 0.2) is 42.5 Å². The minimum absolute atomic E-state index is 0.0272. The van der Waals surface area contributed by atoms with Crippen molar-refractivity contribution in [2.24, 2.45) is 0 Å². The Labute approximate surface area is 152 Å². The summed E-state index contributed by atoms with van der Waals surface area (Å²) in [7, 11) is 2.92. The van der Waals surface area contributed by atoms with E-state index in [1.54, 1.807) is 23.1 Å². The number of benzene rings is 2. The lowest BCUT2D eigenvalue weighted by Gasteiger charge is -2.22. The summed E-state index contributed by atoms with van der Waals surface area (Å²) in [5, 5.41) is 0. The zero-order valence-corrected chi connectivity index (χ0v) is 15.0. The van der Waals surface area contributed by atoms with Gasteiger partial charge in [0.1, 0.15) is 17.1 Å². The van der Waals surface area contributed by atoms with Crippen LogP contribution in [0.4, 0.5) is 5.69 Å². The van der Waals surface area contributed by atoms with Crippen LogP contribution in [-0.2, 0) is 16.0 Å². The van der Waals surface area contributed by atoms with Gasteiger partial charge in [-0.1, -0.05) is 24.3 Å². The molecule has 6 nitrogen and oxygen atoms in total. The number of esters is 1. The van der Waals surface area contributed by atoms with E-state index in [4.69, 9.17) is 14.2 Å². The molecule has 0 bridgehead atoms. The lowest BCUT2D eigenvalue weighted by molar-refractivity contribution is -0.122. The first kappa shape index (κ1) is 17.8. The third-order valence-corrected chi connectivity index (χ3v) is 4.43. The van der Waals surface area contributed by atoms with Crippen molar-refractivity contribution >= 4 is 17.6 Å². The number of para-hydroxylation sites is 1. The summed E-state index contributed by atoms with van der Waals surface area (Å²) in [6.07, 6.45) is 0.788. The van der Waals surface area contributed by atoms with Gasteiger partial charge in [0.05, 0.1) is 14.2 Å². The van der Waals surface area contributed by atoms with Gasteiger partial charge < -0.3 is 19.1 Å². The van der Waals surface area contributed by atoms with E-state index in [2.05, 4.69) is 0 Å². The molecular formula is C20H21NO5. The molecular weight excluding hydrogens is 334 g/mol. The molecule has 0 spiro atoms. The van der Waals surface area contributed by atoms with Gasteiger partial charge in [0.2, 0.25) is 0 Å². The lowest BCUT2D eigenvalue weighted by atomic mass is 10.1. The fourth-order valence-corrected chi connectivity index (χ4v) is 3.27. The van der Waals surface area contributed by atoms with Crippen LogP contribution >= 0.6 is 0 Å². The molecule has 1 atom stereocenters. The van der Waals surface area contributed by atoms with Crippen molar-refractivity contribution in [3.8, 4) is 11.5 Å². The normalized spacial score (nSPS) is 15.3. The van der Waals surface area contributed by atoms with E-state index < -0.39 is 5.97 Å². The van der Waals surface area contributed by atoms with Crippen molar-refractivity contribution in [1.82, 2.24) is 0 Å². The SMILES string of the molecule is COc1cccc(OC)c1C(=O)OCC(=O)N1c2ccccc2CC1C. The van der Waals surface area contributed by atoms with Crippen LogP contribution in [0.1, 0.15) is 22.8 Å². The average Bonchev–Trinajstić information content (AvgIpc) is 3.00. The number of carbonyl (C=O) groups is 2. The van der Waals surface area contributed by atoms with Gasteiger partial charge in [0.25, 0.3) is 5.91 Å². The fourth-order valence-electron chi connectivity index (χ4n) is 3.27. The summed E-state index contributed by atoms with van der Waals surface area (Å²) >= 11 is 0. The quantitative estimate of drug-likeness (QED) is 0.772. The lowest BCUT2D eigenvalue weighted by Crippen LogP contribution is -2.38. The van der Waals surface area contributed by atoms with Gasteiger partial charge in [-0.15, -0.1) is 0 Å². The molecule has 1 amide bonds. The molecule has 2 aromatic rings. The smallest absolute Gasteiger partial charge is 0.346 e. The molecule has 0 aliphatic carbocycles. The van der Waals surface area contributed by atoms with E-state index in [0.29, 0.717) is 11.5 Å². The number of ether oxygens (including phenoxy) is 3. The molecule has 0 N–H and O–H groups in total. The molecule has 1 aliphatic rings. The Morgan fingerprint density at radius 2 is 1.69 bits per heavy atom. The van der Waals surface area contributed by atoms with E-state index in [1.165, 1.54) is 14.2 Å². The molecule has 6 heteroatoms. The Morgan fingerprint density at radius 1 is 1.04 bits per heavy atom. The average molecular weight is 355 g/mol. The minimum atomic E-state index is -0.659. The van der Waals surface area contributed by atoms with Crippen LogP contribution in [0.3, 0.4) is 0 Å². The molecule has 1 heterocycles. The number of carbonyl (C=O) groups excluding carboxylic acids is 2. The number of rotatable bonds is 5. The number of hydrogen-bond acceptors (Lipinski definition) is 5. The maximum Gasteiger partial charge on any atom is 0.346 e. The highest BCUT2D eigenvalue weighted by Crippen LogP contribution is 2.32. The van der Waals surface area contributed by atoms with E-state index in [-0.39, 0.29) is 24.1 Å². The van der Waals surface area contributed by atoms with Crippen LogP contribution in [0, 0.1) is 0 Å². The maximum absolute atomic E-state index is 12.6. The van der Waals surface area contributed by atoms with Crippen LogP contribution < -0.4 is 14.4 Å². The Balaban J connectivity index is 1.74. The first-order valence-corrected chi connectivity index (χ1v) is 8.35. The van der Waals surface area contributed by atoms with Crippen molar-refractivity contribution < 1.29 is 23.8 Å². The van der Waals surface area contributed by atoms with Gasteiger partial charge in [-0.25, -0.2) is 4.79 Å². The maximum atomic E-state index is 12.6. The van der Waals surface area contributed by atoms with E-state index in [9.17, 15) is 9.59 Å². The second-order valence-electron chi connectivity index (χ2n) is 6.06. The van der Waals surface area contributed by atoms with Crippen LogP contribution in [0.25, 0.3) is 0 Å². The second kappa shape index (κ2) is 7.47. The summed E-state index contributed by atoms with van der Waals surface area (Å²) < 4.78 is 15.7. The van der Waals surface area contributed by atoms with Gasteiger partial charge in [-0.2, -0.15) is 0 Å². The van der Waals surface area contributed by atoms with Gasteiger partial charge in [0.15, 0.2) is 6.61 Å². The summed E-state index contributed by atoms with van der Waals surface area (Å²) in [5.74, 6) is -0.249. The largest absolute Gasteiger partial charge is 0.496 e. The minimum Gasteiger partial charge on any atom is -0.496 e. The Hall–Kier alpha value is -3.02. The molecule has 3 rings (SSSR count). The Kier molecular flexibility index (Phi) is 5.11. The van der Waals surface area contributed by atoms with E-state index in [0.717, 1.165) is 17.7 Å². The first-order chi connectivity index (χ1) is 12.6. The number of amides is 1. The van der Waals surface area contributed by atoms with E-state index in [1.807, 2.05) is 31.2 Å². The van der Waals surface area contributed by atoms with Crippen molar-refractivity contribution in [3.05, 3.63) is 53.6 Å². The molecule has 2 aromatic carbocycles. The third kappa shape index (κ3) is 3.22. The highest BCUT2D eigenvalue weighted by Gasteiger charge is 2.31. The third-order valence-electron chi connectivity index (χ3n) is 4.43. The molecule has 1 aliphatic heterocycles. The summed E-state index contributed by atoms with van der Waals surface area (Å²) in [6.45, 7) is 1.63. The van der Waals surface area contributed by atoms with Gasteiger partial charge in [0, 0.05) is 11.7 Å². The first-order valence-electron chi connectivity index (χ1n) is 8.35. The van der Waals surface area contributed by atoms with Crippen molar-refractivity contribution in [2.45, 2.75) is 19.4 Å². The van der Waals surface area contributed by atoms with Gasteiger partial charge in [-0.05, 0) is 37.1 Å². The Morgan fingerprint density at radius 3 is 2.35 bits per heavy atom. The molecule has 0 saturated heterocycles. The van der Waals surface area contributed by atoms with Gasteiger partial charge in [-0.3, -0.25) is 4.79 Å². The number of anilines is 1. The topological polar surface area (TPSA) is 65.1 Å². The zero-order chi connectivity index (χ0) is 18.7. The molecule has 0 fully saturated rings. The van der Waals surface area contributed by atoms with Crippen LogP contribution in [-0.4, -0.2) is 38.7 Å². The monoisotopic (exact) mass is 355 g/mol. The zero-order valence-electron chi connectivity index (χ0n) is 15.0. The predicted molar refractivity (Wildman–Crippen MR) is 96.9 cm³/mol. The standard InChI is InChI=1S/C20H21NO5/c1-13-11-14-7-4-5-8-15(14)21(13)18(22)12-26-20(23)19-16(24-2)9-6-10-17(19)25-3/h4-10,13H,11-12H2,1-3H3. The summed E-state index contributed by atoms with van der Waals surface area (Å²) in [5.41, 5.74) is 2.15. The summed E-state index contributed by atoms with van der Waals surface area (Å²) in [4.78, 5) is 26.8. The molecule has 136 valence electrons. The van der Waals surface area contributed by atoms with E-state index >= 15 is 0 Å². The number of hydrogen-bond donors (Lipinski definition) is 0. The van der Waals surface area contributed by atoms with Crippen LogP contribution in [0.2, 0.25) is 0 Å². The second-order valence-corrected chi connectivity index (χ2v) is 6.06. The molecule has 0 radical (unpaired) electrons. The number of nitrogens with zero attached hydrogens (tertiary/aromatic N) is 1. The molecule has 1 unspecified atom stereocenters. The van der Waals surface area contributed by atoms with Crippen LogP contribution in [0.5, 0.6) is 11.5 Å². The van der Waals surface area contributed by atoms with Gasteiger partial charge >= 0.3 is 5.97 Å². The fraction of sp³-hybridized carbons (Fsp3) is 0.300. The molecule has 0 aromatic heterocycles. The van der Waals surface area contributed by atoms with Crippen molar-refractivity contribution in [3.63, 3.8) is 0 Å². The number of methoxy groups -OCH3 is 2. The number of fused-ring (bicyclic) bond motifs is 1. The summed E-state index contributed by atoms with van der Waals surface area (Å²) in [6, 6.07) is 12.8. The van der Waals surface area contributed by atoms with Crippen molar-refractivity contribution in [2.75, 3.05) is 25.7 Å². The van der Waals surface area contributed by atoms with Crippen molar-refractivity contribution in [1.29, 1.82) is 0 Å².